The molecule has 0 N–H and O–H groups in total. The summed E-state index contributed by atoms with van der Waals surface area (Å²) in [5.74, 6) is 0. The molecule has 1 rings (SSSR count). The summed E-state index contributed by atoms with van der Waals surface area (Å²) in [7, 11) is 2.53. The Hall–Kier alpha value is -0.683. The molecule has 0 saturated carbocycles. The van der Waals surface area contributed by atoms with Crippen LogP contribution in [-0.2, 0) is 19.7 Å². The van der Waals surface area contributed by atoms with Crippen molar-refractivity contribution in [3.8, 4) is 0 Å². The zero-order valence-corrected chi connectivity index (χ0v) is 11.4. The van der Waals surface area contributed by atoms with Crippen LogP contribution in [0, 0.1) is 6.92 Å². The van der Waals surface area contributed by atoms with Crippen molar-refractivity contribution < 1.29 is 13.3 Å². The van der Waals surface area contributed by atoms with E-state index in [4.69, 9.17) is 13.3 Å². The summed E-state index contributed by atoms with van der Waals surface area (Å²) in [5.41, 5.74) is 2.57. The molecule has 0 bridgehead atoms. The van der Waals surface area contributed by atoms with Gasteiger partial charge >= 0.3 is 8.80 Å². The molecule has 0 fully saturated rings. The molecule has 0 aromatic heterocycles. The molecule has 0 aliphatic carbocycles. The highest BCUT2D eigenvalue weighted by Gasteiger charge is 2.36. The van der Waals surface area contributed by atoms with Crippen LogP contribution in [0.4, 0.5) is 0 Å². The van der Waals surface area contributed by atoms with Crippen molar-refractivity contribution in [2.45, 2.75) is 19.4 Å². The minimum Gasteiger partial charge on any atom is -0.377 e. The Labute approximate surface area is 98.7 Å². The molecule has 16 heavy (non-hydrogen) atoms. The molecule has 0 aliphatic rings. The fraction of sp³-hybridized carbons (Fsp3) is 0.500. The molecule has 0 radical (unpaired) electrons. The summed E-state index contributed by atoms with van der Waals surface area (Å²) in [6, 6.07) is 9.27. The molecular weight excluding hydrogens is 220 g/mol. The average molecular weight is 240 g/mol. The van der Waals surface area contributed by atoms with Crippen molar-refractivity contribution in [3.63, 3.8) is 0 Å². The topological polar surface area (TPSA) is 27.7 Å². The van der Waals surface area contributed by atoms with Gasteiger partial charge in [-0.1, -0.05) is 29.8 Å². The lowest BCUT2D eigenvalue weighted by Gasteiger charge is -2.24. The third-order valence-corrected chi connectivity index (χ3v) is 5.46. The number of rotatable bonds is 6. The lowest BCUT2D eigenvalue weighted by molar-refractivity contribution is 0.123. The predicted molar refractivity (Wildman–Crippen MR) is 66.5 cm³/mol. The van der Waals surface area contributed by atoms with Crippen LogP contribution in [0.15, 0.2) is 24.3 Å². The van der Waals surface area contributed by atoms with Gasteiger partial charge in [-0.05, 0) is 18.9 Å². The Morgan fingerprint density at radius 3 is 2.19 bits per heavy atom. The molecule has 4 heteroatoms. The number of hydrogen-bond donors (Lipinski definition) is 0. The lowest BCUT2D eigenvalue weighted by Crippen LogP contribution is -2.43. The van der Waals surface area contributed by atoms with E-state index < -0.39 is 8.80 Å². The zero-order chi connectivity index (χ0) is 12.0. The smallest absolute Gasteiger partial charge is 0.377 e. The van der Waals surface area contributed by atoms with Crippen LogP contribution >= 0.6 is 0 Å². The highest BCUT2D eigenvalue weighted by Crippen LogP contribution is 2.17. The third-order valence-electron chi connectivity index (χ3n) is 2.74. The molecule has 90 valence electrons. The van der Waals surface area contributed by atoms with E-state index >= 15 is 0 Å². The van der Waals surface area contributed by atoms with Crippen molar-refractivity contribution in [2.24, 2.45) is 0 Å². The molecule has 0 heterocycles. The first kappa shape index (κ1) is 13.4. The summed E-state index contributed by atoms with van der Waals surface area (Å²) in [6.45, 7) is 2.09. The van der Waals surface area contributed by atoms with E-state index in [1.807, 2.05) is 0 Å². The van der Waals surface area contributed by atoms with Crippen LogP contribution < -0.4 is 0 Å². The highest BCUT2D eigenvalue weighted by molar-refractivity contribution is 6.60. The van der Waals surface area contributed by atoms with E-state index in [0.717, 1.165) is 12.5 Å². The van der Waals surface area contributed by atoms with E-state index in [9.17, 15) is 0 Å². The molecule has 0 amide bonds. The fourth-order valence-corrected chi connectivity index (χ4v) is 3.43. The van der Waals surface area contributed by atoms with Gasteiger partial charge in [-0.2, -0.15) is 0 Å². The second kappa shape index (κ2) is 6.15. The maximum atomic E-state index is 5.38. The van der Waals surface area contributed by atoms with Crippen LogP contribution in [0.1, 0.15) is 11.1 Å². The van der Waals surface area contributed by atoms with Crippen molar-refractivity contribution in [3.05, 3.63) is 35.4 Å². The SMILES string of the molecule is CO[Si](CCc1cccc(C)c1)(OC)OC. The monoisotopic (exact) mass is 240 g/mol. The van der Waals surface area contributed by atoms with Crippen LogP contribution in [0.5, 0.6) is 0 Å². The van der Waals surface area contributed by atoms with Gasteiger partial charge in [0, 0.05) is 27.4 Å². The van der Waals surface area contributed by atoms with Gasteiger partial charge in [0.15, 0.2) is 0 Å². The Kier molecular flexibility index (Phi) is 5.14. The fourth-order valence-electron chi connectivity index (χ4n) is 1.72. The Morgan fingerprint density at radius 2 is 1.69 bits per heavy atom. The normalized spacial score (nSPS) is 11.8. The first-order valence-corrected chi connectivity index (χ1v) is 7.30. The van der Waals surface area contributed by atoms with E-state index in [2.05, 4.69) is 31.2 Å². The molecular formula is C12H20O3Si. The maximum Gasteiger partial charge on any atom is 0.500 e. The molecule has 1 aromatic carbocycles. The van der Waals surface area contributed by atoms with Crippen LogP contribution in [0.3, 0.4) is 0 Å². The summed E-state index contributed by atoms with van der Waals surface area (Å²) in [5, 5.41) is 0. The molecule has 0 saturated heterocycles. The van der Waals surface area contributed by atoms with Gasteiger partial charge in [-0.15, -0.1) is 0 Å². The molecule has 0 spiro atoms. The minimum atomic E-state index is -2.42. The quantitative estimate of drug-likeness (QED) is 0.715. The van der Waals surface area contributed by atoms with E-state index in [1.165, 1.54) is 11.1 Å². The first-order valence-electron chi connectivity index (χ1n) is 5.37. The van der Waals surface area contributed by atoms with Crippen LogP contribution in [0.25, 0.3) is 0 Å². The van der Waals surface area contributed by atoms with Gasteiger partial charge in [0.1, 0.15) is 0 Å². The van der Waals surface area contributed by atoms with Crippen molar-refractivity contribution in [1.82, 2.24) is 0 Å². The van der Waals surface area contributed by atoms with Crippen molar-refractivity contribution in [1.29, 1.82) is 0 Å². The third kappa shape index (κ3) is 3.42. The molecule has 1 aromatic rings. The van der Waals surface area contributed by atoms with Crippen molar-refractivity contribution in [2.75, 3.05) is 21.3 Å². The number of aryl methyl sites for hydroxylation is 2. The Balaban J connectivity index is 2.62. The zero-order valence-electron chi connectivity index (χ0n) is 10.4. The van der Waals surface area contributed by atoms with E-state index in [-0.39, 0.29) is 0 Å². The Morgan fingerprint density at radius 1 is 1.06 bits per heavy atom. The molecule has 0 unspecified atom stereocenters. The summed E-state index contributed by atoms with van der Waals surface area (Å²) < 4.78 is 16.1. The van der Waals surface area contributed by atoms with Crippen molar-refractivity contribution >= 4 is 8.80 Å². The minimum absolute atomic E-state index is 0.806. The van der Waals surface area contributed by atoms with Gasteiger partial charge in [0.25, 0.3) is 0 Å². The van der Waals surface area contributed by atoms with Gasteiger partial charge in [0.05, 0.1) is 0 Å². The van der Waals surface area contributed by atoms with Crippen LogP contribution in [-0.4, -0.2) is 30.1 Å². The largest absolute Gasteiger partial charge is 0.500 e. The predicted octanol–water partition coefficient (Wildman–Crippen LogP) is 2.42. The van der Waals surface area contributed by atoms with Gasteiger partial charge in [0.2, 0.25) is 0 Å². The summed E-state index contributed by atoms with van der Waals surface area (Å²) >= 11 is 0. The lowest BCUT2D eigenvalue weighted by atomic mass is 10.1. The summed E-state index contributed by atoms with van der Waals surface area (Å²) in [4.78, 5) is 0. The Bertz CT molecular complexity index is 316. The van der Waals surface area contributed by atoms with E-state index in [1.54, 1.807) is 21.3 Å². The van der Waals surface area contributed by atoms with Gasteiger partial charge in [-0.3, -0.25) is 0 Å². The van der Waals surface area contributed by atoms with Gasteiger partial charge in [-0.25, -0.2) is 0 Å². The van der Waals surface area contributed by atoms with Crippen LogP contribution in [0.2, 0.25) is 6.04 Å². The molecule has 0 aliphatic heterocycles. The molecule has 3 nitrogen and oxygen atoms in total. The average Bonchev–Trinajstić information content (AvgIpc) is 2.32. The number of benzene rings is 1. The van der Waals surface area contributed by atoms with Gasteiger partial charge < -0.3 is 13.3 Å². The molecule has 0 atom stereocenters. The second-order valence-electron chi connectivity index (χ2n) is 3.78. The highest BCUT2D eigenvalue weighted by atomic mass is 28.4. The number of hydrogen-bond acceptors (Lipinski definition) is 3. The van der Waals surface area contributed by atoms with E-state index in [0.29, 0.717) is 0 Å². The first-order chi connectivity index (χ1) is 7.65. The second-order valence-corrected chi connectivity index (χ2v) is 6.88. The summed E-state index contributed by atoms with van der Waals surface area (Å²) in [6.07, 6.45) is 0.920. The maximum absolute atomic E-state index is 5.38. The standard InChI is InChI=1S/C12H20O3Si/c1-11-6-5-7-12(10-11)8-9-16(13-2,14-3)15-4/h5-7,10H,8-9H2,1-4H3.